The van der Waals surface area contributed by atoms with Gasteiger partial charge in [0.2, 0.25) is 0 Å². The van der Waals surface area contributed by atoms with Crippen LogP contribution in [-0.4, -0.2) is 16.5 Å². The van der Waals surface area contributed by atoms with Crippen LogP contribution >= 0.6 is 11.8 Å². The predicted octanol–water partition coefficient (Wildman–Crippen LogP) is 2.26. The molecule has 0 aromatic carbocycles. The van der Waals surface area contributed by atoms with Crippen molar-refractivity contribution in [1.29, 1.82) is 0 Å². The molecule has 0 aliphatic heterocycles. The third kappa shape index (κ3) is 1.91. The Bertz CT molecular complexity index is 136. The lowest BCUT2D eigenvalue weighted by Gasteiger charge is -2.16. The Hall–Kier alpha value is 0.310. The summed E-state index contributed by atoms with van der Waals surface area (Å²) in [4.78, 5) is 0. The van der Waals surface area contributed by atoms with Gasteiger partial charge in [0, 0.05) is 11.3 Å². The molecule has 11 heavy (non-hydrogen) atoms. The maximum Gasteiger partial charge on any atom is 0.0316 e. The topological polar surface area (TPSA) is 26.0 Å². The molecule has 2 unspecified atom stereocenters. The molecule has 0 radical (unpaired) electrons. The zero-order chi connectivity index (χ0) is 8.48. The van der Waals surface area contributed by atoms with Crippen molar-refractivity contribution in [2.75, 3.05) is 6.54 Å². The van der Waals surface area contributed by atoms with Gasteiger partial charge in [0.05, 0.1) is 0 Å². The lowest BCUT2D eigenvalue weighted by molar-refractivity contribution is 0.716. The molecule has 1 saturated carbocycles. The lowest BCUT2D eigenvalue weighted by atomic mass is 10.2. The van der Waals surface area contributed by atoms with E-state index < -0.39 is 0 Å². The van der Waals surface area contributed by atoms with E-state index in [2.05, 4.69) is 32.5 Å². The maximum atomic E-state index is 5.76. The lowest BCUT2D eigenvalue weighted by Crippen LogP contribution is -2.22. The van der Waals surface area contributed by atoms with E-state index in [1.165, 1.54) is 12.8 Å². The Kier molecular flexibility index (Phi) is 2.87. The van der Waals surface area contributed by atoms with Crippen LogP contribution in [-0.2, 0) is 0 Å². The number of nitrogens with two attached hydrogens (primary N) is 1. The van der Waals surface area contributed by atoms with Gasteiger partial charge in [-0.05, 0) is 17.6 Å². The van der Waals surface area contributed by atoms with Gasteiger partial charge in [-0.2, -0.15) is 11.8 Å². The number of thioether (sulfide) groups is 1. The highest BCUT2D eigenvalue weighted by molar-refractivity contribution is 8.01. The normalized spacial score (nSPS) is 36.3. The number of hydrogen-bond acceptors (Lipinski definition) is 2. The van der Waals surface area contributed by atoms with Gasteiger partial charge in [-0.15, -0.1) is 0 Å². The standard InChI is InChI=1S/C9H19NS/c1-4-8-5-9(8,6-10)11-7(2)3/h7-8H,4-6,10H2,1-3H3. The Morgan fingerprint density at radius 2 is 2.27 bits per heavy atom. The summed E-state index contributed by atoms with van der Waals surface area (Å²) in [6, 6.07) is 0. The molecule has 0 spiro atoms. The Balaban J connectivity index is 2.39. The average Bonchev–Trinajstić information content (AvgIpc) is 2.62. The summed E-state index contributed by atoms with van der Waals surface area (Å²) < 4.78 is 0.475. The quantitative estimate of drug-likeness (QED) is 0.705. The monoisotopic (exact) mass is 173 g/mol. The van der Waals surface area contributed by atoms with Crippen LogP contribution in [0.3, 0.4) is 0 Å². The second kappa shape index (κ2) is 3.36. The highest BCUT2D eigenvalue weighted by Gasteiger charge is 2.52. The molecule has 1 fully saturated rings. The zero-order valence-corrected chi connectivity index (χ0v) is 8.58. The van der Waals surface area contributed by atoms with Crippen LogP contribution < -0.4 is 5.73 Å². The van der Waals surface area contributed by atoms with Crippen LogP contribution in [0.1, 0.15) is 33.6 Å². The van der Waals surface area contributed by atoms with E-state index in [-0.39, 0.29) is 0 Å². The number of rotatable bonds is 4. The minimum absolute atomic E-state index is 0.475. The third-order valence-electron chi connectivity index (χ3n) is 2.48. The van der Waals surface area contributed by atoms with E-state index in [1.807, 2.05) is 0 Å². The summed E-state index contributed by atoms with van der Waals surface area (Å²) in [5.74, 6) is 0.903. The van der Waals surface area contributed by atoms with Gasteiger partial charge in [0.25, 0.3) is 0 Å². The third-order valence-corrected chi connectivity index (χ3v) is 4.09. The van der Waals surface area contributed by atoms with Crippen molar-refractivity contribution < 1.29 is 0 Å². The van der Waals surface area contributed by atoms with Crippen molar-refractivity contribution in [1.82, 2.24) is 0 Å². The minimum Gasteiger partial charge on any atom is -0.329 e. The van der Waals surface area contributed by atoms with E-state index in [0.717, 1.165) is 17.7 Å². The molecule has 0 bridgehead atoms. The molecule has 0 aromatic rings. The minimum atomic E-state index is 0.475. The molecule has 1 nitrogen and oxygen atoms in total. The SMILES string of the molecule is CCC1CC1(CN)SC(C)C. The van der Waals surface area contributed by atoms with Crippen molar-refractivity contribution in [3.63, 3.8) is 0 Å². The fraction of sp³-hybridized carbons (Fsp3) is 1.00. The van der Waals surface area contributed by atoms with Crippen LogP contribution in [0, 0.1) is 5.92 Å². The summed E-state index contributed by atoms with van der Waals surface area (Å²) in [6.45, 7) is 7.65. The second-order valence-corrected chi connectivity index (χ2v) is 5.74. The summed E-state index contributed by atoms with van der Waals surface area (Å²) in [5, 5.41) is 0.732. The van der Waals surface area contributed by atoms with Gasteiger partial charge in [-0.3, -0.25) is 0 Å². The van der Waals surface area contributed by atoms with Gasteiger partial charge < -0.3 is 5.73 Å². The molecular weight excluding hydrogens is 154 g/mol. The molecule has 0 saturated heterocycles. The average molecular weight is 173 g/mol. The molecule has 0 heterocycles. The fourth-order valence-electron chi connectivity index (χ4n) is 1.79. The first-order valence-corrected chi connectivity index (χ1v) is 5.40. The molecule has 1 aliphatic rings. The van der Waals surface area contributed by atoms with Crippen molar-refractivity contribution in [2.45, 2.75) is 43.6 Å². The van der Waals surface area contributed by atoms with E-state index in [4.69, 9.17) is 5.73 Å². The molecule has 1 rings (SSSR count). The highest BCUT2D eigenvalue weighted by atomic mass is 32.2. The van der Waals surface area contributed by atoms with Gasteiger partial charge in [-0.1, -0.05) is 27.2 Å². The zero-order valence-electron chi connectivity index (χ0n) is 7.76. The van der Waals surface area contributed by atoms with Crippen molar-refractivity contribution in [2.24, 2.45) is 11.7 Å². The van der Waals surface area contributed by atoms with Crippen molar-refractivity contribution >= 4 is 11.8 Å². The van der Waals surface area contributed by atoms with E-state index >= 15 is 0 Å². The summed E-state index contributed by atoms with van der Waals surface area (Å²) in [7, 11) is 0. The first-order chi connectivity index (χ1) is 5.14. The Morgan fingerprint density at radius 3 is 2.55 bits per heavy atom. The summed E-state index contributed by atoms with van der Waals surface area (Å²) in [6.07, 6.45) is 2.65. The van der Waals surface area contributed by atoms with Gasteiger partial charge in [0.15, 0.2) is 0 Å². The van der Waals surface area contributed by atoms with Gasteiger partial charge in [-0.25, -0.2) is 0 Å². The van der Waals surface area contributed by atoms with Crippen LogP contribution in [0.4, 0.5) is 0 Å². The largest absolute Gasteiger partial charge is 0.329 e. The predicted molar refractivity (Wildman–Crippen MR) is 52.9 cm³/mol. The van der Waals surface area contributed by atoms with E-state index in [1.54, 1.807) is 0 Å². The summed E-state index contributed by atoms with van der Waals surface area (Å²) in [5.41, 5.74) is 5.76. The van der Waals surface area contributed by atoms with Crippen molar-refractivity contribution in [3.05, 3.63) is 0 Å². The van der Waals surface area contributed by atoms with Crippen LogP contribution in [0.25, 0.3) is 0 Å². The van der Waals surface area contributed by atoms with Crippen molar-refractivity contribution in [3.8, 4) is 0 Å². The highest BCUT2D eigenvalue weighted by Crippen LogP contribution is 2.56. The van der Waals surface area contributed by atoms with Crippen LogP contribution in [0.15, 0.2) is 0 Å². The smallest absolute Gasteiger partial charge is 0.0316 e. The second-order valence-electron chi connectivity index (χ2n) is 3.74. The molecule has 2 heteroatoms. The molecule has 1 aliphatic carbocycles. The Morgan fingerprint density at radius 1 is 1.64 bits per heavy atom. The first-order valence-electron chi connectivity index (χ1n) is 4.52. The first kappa shape index (κ1) is 9.40. The van der Waals surface area contributed by atoms with Crippen LogP contribution in [0.2, 0.25) is 0 Å². The molecule has 66 valence electrons. The molecule has 0 amide bonds. The summed E-state index contributed by atoms with van der Waals surface area (Å²) >= 11 is 2.08. The fourth-order valence-corrected chi connectivity index (χ4v) is 3.48. The number of hydrogen-bond donors (Lipinski definition) is 1. The maximum absolute atomic E-state index is 5.76. The van der Waals surface area contributed by atoms with E-state index in [0.29, 0.717) is 4.75 Å². The Labute approximate surface area is 74.1 Å². The molecular formula is C9H19NS. The molecule has 0 aromatic heterocycles. The van der Waals surface area contributed by atoms with Gasteiger partial charge in [0.1, 0.15) is 0 Å². The molecule has 2 atom stereocenters. The van der Waals surface area contributed by atoms with Gasteiger partial charge >= 0.3 is 0 Å². The molecule has 2 N–H and O–H groups in total. The van der Waals surface area contributed by atoms with E-state index in [9.17, 15) is 0 Å². The van der Waals surface area contributed by atoms with Crippen LogP contribution in [0.5, 0.6) is 0 Å².